The standard InChI is InChI=1S/C21H44OS/c1-4-5-6-7-8-9-10-11-12-13-14-15-16-19-23-20-17-18-22-21(2)3/h21H,4-20H2,1-3H3. The van der Waals surface area contributed by atoms with Gasteiger partial charge in [0, 0.05) is 6.61 Å². The summed E-state index contributed by atoms with van der Waals surface area (Å²) in [5, 5.41) is 0. The molecular formula is C21H44OS. The molecule has 0 heterocycles. The molecule has 1 nitrogen and oxygen atoms in total. The third kappa shape index (κ3) is 22.3. The maximum atomic E-state index is 5.55. The van der Waals surface area contributed by atoms with Crippen molar-refractivity contribution >= 4 is 11.8 Å². The highest BCUT2D eigenvalue weighted by Crippen LogP contribution is 2.13. The molecule has 0 bridgehead atoms. The van der Waals surface area contributed by atoms with Crippen LogP contribution in [0.25, 0.3) is 0 Å². The van der Waals surface area contributed by atoms with Crippen LogP contribution in [0.2, 0.25) is 0 Å². The predicted octanol–water partition coefficient (Wildman–Crippen LogP) is 7.63. The molecule has 0 aromatic heterocycles. The fourth-order valence-corrected chi connectivity index (χ4v) is 3.74. The molecular weight excluding hydrogens is 300 g/mol. The molecule has 0 unspecified atom stereocenters. The van der Waals surface area contributed by atoms with Gasteiger partial charge in [-0.3, -0.25) is 0 Å². The summed E-state index contributed by atoms with van der Waals surface area (Å²) in [6, 6.07) is 0. The molecule has 0 saturated heterocycles. The smallest absolute Gasteiger partial charge is 0.0518 e. The van der Waals surface area contributed by atoms with E-state index in [1.165, 1.54) is 101 Å². The summed E-state index contributed by atoms with van der Waals surface area (Å²) in [6.07, 6.45) is 20.4. The largest absolute Gasteiger partial charge is 0.379 e. The van der Waals surface area contributed by atoms with Crippen molar-refractivity contribution in [2.24, 2.45) is 0 Å². The van der Waals surface area contributed by atoms with Crippen molar-refractivity contribution in [3.05, 3.63) is 0 Å². The molecule has 0 fully saturated rings. The summed E-state index contributed by atoms with van der Waals surface area (Å²) in [5.41, 5.74) is 0. The van der Waals surface area contributed by atoms with Crippen LogP contribution in [0.1, 0.15) is 111 Å². The van der Waals surface area contributed by atoms with Gasteiger partial charge < -0.3 is 4.74 Å². The molecule has 0 aliphatic heterocycles. The van der Waals surface area contributed by atoms with E-state index in [1.807, 2.05) is 0 Å². The number of hydrogen-bond acceptors (Lipinski definition) is 2. The molecule has 2 heteroatoms. The highest BCUT2D eigenvalue weighted by atomic mass is 32.2. The predicted molar refractivity (Wildman–Crippen MR) is 109 cm³/mol. The molecule has 0 atom stereocenters. The maximum absolute atomic E-state index is 5.55. The van der Waals surface area contributed by atoms with Crippen molar-refractivity contribution < 1.29 is 4.74 Å². The van der Waals surface area contributed by atoms with E-state index in [9.17, 15) is 0 Å². The Balaban J connectivity index is 2.95. The van der Waals surface area contributed by atoms with Crippen molar-refractivity contribution in [2.45, 2.75) is 117 Å². The Labute approximate surface area is 151 Å². The van der Waals surface area contributed by atoms with Gasteiger partial charge in [-0.25, -0.2) is 0 Å². The van der Waals surface area contributed by atoms with E-state index in [2.05, 4.69) is 32.5 Å². The average molecular weight is 345 g/mol. The zero-order valence-electron chi connectivity index (χ0n) is 16.4. The summed E-state index contributed by atoms with van der Waals surface area (Å²) in [5.74, 6) is 2.62. The fraction of sp³-hybridized carbons (Fsp3) is 1.00. The van der Waals surface area contributed by atoms with Crippen molar-refractivity contribution in [2.75, 3.05) is 18.1 Å². The molecule has 0 rings (SSSR count). The Bertz CT molecular complexity index is 206. The highest BCUT2D eigenvalue weighted by molar-refractivity contribution is 7.99. The Morgan fingerprint density at radius 2 is 1.04 bits per heavy atom. The van der Waals surface area contributed by atoms with E-state index < -0.39 is 0 Å². The Hall–Kier alpha value is 0.310. The normalized spacial score (nSPS) is 11.5. The lowest BCUT2D eigenvalue weighted by atomic mass is 10.1. The van der Waals surface area contributed by atoms with Gasteiger partial charge in [-0.2, -0.15) is 11.8 Å². The van der Waals surface area contributed by atoms with Crippen LogP contribution in [0, 0.1) is 0 Å². The van der Waals surface area contributed by atoms with Gasteiger partial charge in [0.05, 0.1) is 6.10 Å². The summed E-state index contributed by atoms with van der Waals surface area (Å²) >= 11 is 2.11. The van der Waals surface area contributed by atoms with Crippen LogP contribution in [-0.4, -0.2) is 24.2 Å². The number of hydrogen-bond donors (Lipinski definition) is 0. The Morgan fingerprint density at radius 1 is 0.609 bits per heavy atom. The van der Waals surface area contributed by atoms with E-state index in [-0.39, 0.29) is 0 Å². The van der Waals surface area contributed by atoms with Gasteiger partial charge in [-0.15, -0.1) is 0 Å². The van der Waals surface area contributed by atoms with E-state index in [0.717, 1.165) is 6.61 Å². The third-order valence-corrected chi connectivity index (χ3v) is 5.43. The molecule has 0 aromatic carbocycles. The van der Waals surface area contributed by atoms with Crippen LogP contribution in [-0.2, 0) is 4.74 Å². The van der Waals surface area contributed by atoms with Gasteiger partial charge in [0.15, 0.2) is 0 Å². The van der Waals surface area contributed by atoms with E-state index in [4.69, 9.17) is 4.74 Å². The number of unbranched alkanes of at least 4 members (excludes halogenated alkanes) is 12. The summed E-state index contributed by atoms with van der Waals surface area (Å²) in [6.45, 7) is 7.45. The number of thioether (sulfide) groups is 1. The lowest BCUT2D eigenvalue weighted by Gasteiger charge is -2.07. The molecule has 0 spiro atoms. The van der Waals surface area contributed by atoms with Gasteiger partial charge in [0.2, 0.25) is 0 Å². The second kappa shape index (κ2) is 20.4. The number of rotatable bonds is 19. The first kappa shape index (κ1) is 23.3. The van der Waals surface area contributed by atoms with Gasteiger partial charge in [-0.05, 0) is 38.2 Å². The molecule has 23 heavy (non-hydrogen) atoms. The average Bonchev–Trinajstić information content (AvgIpc) is 2.53. The fourth-order valence-electron chi connectivity index (χ4n) is 2.80. The zero-order chi connectivity index (χ0) is 17.0. The lowest BCUT2D eigenvalue weighted by Crippen LogP contribution is -2.04. The van der Waals surface area contributed by atoms with Gasteiger partial charge in [-0.1, -0.05) is 84.0 Å². The minimum Gasteiger partial charge on any atom is -0.379 e. The van der Waals surface area contributed by atoms with Crippen LogP contribution in [0.15, 0.2) is 0 Å². The molecule has 0 aromatic rings. The topological polar surface area (TPSA) is 9.23 Å². The summed E-state index contributed by atoms with van der Waals surface area (Å²) < 4.78 is 5.55. The Kier molecular flexibility index (Phi) is 20.6. The van der Waals surface area contributed by atoms with Crippen LogP contribution < -0.4 is 0 Å². The SMILES string of the molecule is CCCCCCCCCCCCCCCSCCCOC(C)C. The number of ether oxygens (including phenoxy) is 1. The van der Waals surface area contributed by atoms with E-state index in [0.29, 0.717) is 6.10 Å². The van der Waals surface area contributed by atoms with Crippen molar-refractivity contribution in [3.8, 4) is 0 Å². The van der Waals surface area contributed by atoms with Crippen LogP contribution >= 0.6 is 11.8 Å². The van der Waals surface area contributed by atoms with E-state index in [1.54, 1.807) is 0 Å². The molecule has 140 valence electrons. The first-order chi connectivity index (χ1) is 11.3. The van der Waals surface area contributed by atoms with Crippen LogP contribution in [0.3, 0.4) is 0 Å². The van der Waals surface area contributed by atoms with Crippen LogP contribution in [0.5, 0.6) is 0 Å². The summed E-state index contributed by atoms with van der Waals surface area (Å²) in [4.78, 5) is 0. The molecule has 0 saturated carbocycles. The van der Waals surface area contributed by atoms with Gasteiger partial charge >= 0.3 is 0 Å². The first-order valence-electron chi connectivity index (χ1n) is 10.5. The molecule has 0 aliphatic carbocycles. The minimum atomic E-state index is 0.390. The maximum Gasteiger partial charge on any atom is 0.0518 e. The molecule has 0 radical (unpaired) electrons. The monoisotopic (exact) mass is 344 g/mol. The van der Waals surface area contributed by atoms with Gasteiger partial charge in [0.25, 0.3) is 0 Å². The second-order valence-corrected chi connectivity index (χ2v) is 8.35. The lowest BCUT2D eigenvalue weighted by molar-refractivity contribution is 0.0800. The zero-order valence-corrected chi connectivity index (χ0v) is 17.2. The third-order valence-electron chi connectivity index (χ3n) is 4.28. The Morgan fingerprint density at radius 3 is 1.52 bits per heavy atom. The second-order valence-electron chi connectivity index (χ2n) is 7.13. The first-order valence-corrected chi connectivity index (χ1v) is 11.6. The van der Waals surface area contributed by atoms with Crippen molar-refractivity contribution in [1.29, 1.82) is 0 Å². The van der Waals surface area contributed by atoms with Gasteiger partial charge in [0.1, 0.15) is 0 Å². The quantitative estimate of drug-likeness (QED) is 0.223. The summed E-state index contributed by atoms with van der Waals surface area (Å²) in [7, 11) is 0. The van der Waals surface area contributed by atoms with Crippen LogP contribution in [0.4, 0.5) is 0 Å². The highest BCUT2D eigenvalue weighted by Gasteiger charge is 1.96. The van der Waals surface area contributed by atoms with Crippen molar-refractivity contribution in [1.82, 2.24) is 0 Å². The molecule has 0 amide bonds. The minimum absolute atomic E-state index is 0.390. The van der Waals surface area contributed by atoms with Crippen molar-refractivity contribution in [3.63, 3.8) is 0 Å². The van der Waals surface area contributed by atoms with E-state index >= 15 is 0 Å². The molecule has 0 aliphatic rings. The molecule has 0 N–H and O–H groups in total.